The lowest BCUT2D eigenvalue weighted by molar-refractivity contribution is 0.309. The summed E-state index contributed by atoms with van der Waals surface area (Å²) in [6.45, 7) is 14.9. The monoisotopic (exact) mass is 847 g/mol. The zero-order valence-corrected chi connectivity index (χ0v) is 39.0. The molecule has 7 aromatic carbocycles. The highest BCUT2D eigenvalue weighted by Crippen LogP contribution is 2.55. The lowest BCUT2D eigenvalue weighted by Crippen LogP contribution is -2.23. The van der Waals surface area contributed by atoms with Crippen molar-refractivity contribution in [2.45, 2.75) is 105 Å². The van der Waals surface area contributed by atoms with E-state index in [-0.39, 0.29) is 0 Å². The van der Waals surface area contributed by atoms with Crippen LogP contribution in [0, 0.1) is 13.8 Å². The van der Waals surface area contributed by atoms with Crippen LogP contribution in [0.15, 0.2) is 158 Å². The van der Waals surface area contributed by atoms with Crippen molar-refractivity contribution in [3.63, 3.8) is 0 Å². The van der Waals surface area contributed by atoms with Crippen molar-refractivity contribution in [1.82, 2.24) is 0 Å². The van der Waals surface area contributed by atoms with Gasteiger partial charge in [0.15, 0.2) is 0 Å². The summed E-state index contributed by atoms with van der Waals surface area (Å²) in [7, 11) is 0. The summed E-state index contributed by atoms with van der Waals surface area (Å²) in [5, 5.41) is 0. The first-order valence-corrected chi connectivity index (χ1v) is 23.9. The van der Waals surface area contributed by atoms with Gasteiger partial charge in [-0.05, 0) is 177 Å². The van der Waals surface area contributed by atoms with Gasteiger partial charge in [-0.2, -0.15) is 0 Å². The predicted octanol–water partition coefficient (Wildman–Crippen LogP) is 17.1. The maximum absolute atomic E-state index is 6.11. The molecule has 0 unspecified atom stereocenters. The smallest absolute Gasteiger partial charge is 0.119 e. The molecule has 0 spiro atoms. The number of rotatable bonds is 20. The molecule has 0 atom stereocenters. The van der Waals surface area contributed by atoms with Crippen LogP contribution < -0.4 is 19.3 Å². The molecule has 8 rings (SSSR count). The number of benzene rings is 7. The Morgan fingerprint density at radius 2 is 0.844 bits per heavy atom. The molecule has 7 aromatic rings. The Balaban J connectivity index is 1.27. The molecule has 0 saturated heterocycles. The number of hydrogen-bond acceptors (Lipinski definition) is 4. The molecular weight excluding hydrogens is 781 g/mol. The van der Waals surface area contributed by atoms with Crippen molar-refractivity contribution < 1.29 is 9.47 Å². The Kier molecular flexibility index (Phi) is 14.2. The second kappa shape index (κ2) is 20.5. The second-order valence-corrected chi connectivity index (χ2v) is 17.8. The van der Waals surface area contributed by atoms with Gasteiger partial charge in [-0.1, -0.05) is 125 Å². The maximum Gasteiger partial charge on any atom is 0.119 e. The van der Waals surface area contributed by atoms with Crippen molar-refractivity contribution in [3.8, 4) is 22.6 Å². The first-order chi connectivity index (χ1) is 31.3. The number of hydrogen-bond donors (Lipinski definition) is 0. The third-order valence-electron chi connectivity index (χ3n) is 13.0. The van der Waals surface area contributed by atoms with E-state index in [2.05, 4.69) is 209 Å². The van der Waals surface area contributed by atoms with Gasteiger partial charge in [0.2, 0.25) is 0 Å². The zero-order chi connectivity index (χ0) is 44.5. The lowest BCUT2D eigenvalue weighted by Gasteiger charge is -2.32. The first kappa shape index (κ1) is 44.4. The van der Waals surface area contributed by atoms with Crippen LogP contribution in [0.3, 0.4) is 0 Å². The van der Waals surface area contributed by atoms with Gasteiger partial charge in [0, 0.05) is 39.5 Å². The molecule has 0 N–H and O–H groups in total. The second-order valence-electron chi connectivity index (χ2n) is 17.8. The number of fused-ring (bicyclic) bond motifs is 3. The van der Waals surface area contributed by atoms with E-state index < -0.39 is 5.41 Å². The summed E-state index contributed by atoms with van der Waals surface area (Å²) < 4.78 is 12.2. The average molecular weight is 847 g/mol. The van der Waals surface area contributed by atoms with Gasteiger partial charge in [-0.25, -0.2) is 0 Å². The Bertz CT molecular complexity index is 2440. The molecule has 1 aliphatic carbocycles. The third-order valence-corrected chi connectivity index (χ3v) is 13.0. The highest BCUT2D eigenvalue weighted by atomic mass is 16.5. The molecule has 0 heterocycles. The van der Waals surface area contributed by atoms with E-state index in [4.69, 9.17) is 9.47 Å². The minimum Gasteiger partial charge on any atom is -0.494 e. The van der Waals surface area contributed by atoms with E-state index >= 15 is 0 Å². The number of unbranched alkanes of at least 4 members (excludes halogenated alkanes) is 5. The van der Waals surface area contributed by atoms with Gasteiger partial charge in [0.1, 0.15) is 11.5 Å². The molecular formula is C60H66N2O2. The fourth-order valence-electron chi connectivity index (χ4n) is 9.22. The van der Waals surface area contributed by atoms with Crippen LogP contribution in [0.2, 0.25) is 0 Å². The van der Waals surface area contributed by atoms with Crippen molar-refractivity contribution >= 4 is 34.1 Å². The highest BCUT2D eigenvalue weighted by molar-refractivity contribution is 5.90. The molecule has 0 saturated carbocycles. The SMILES string of the molecule is CCCCCCc1cccc(C2(C)c3cc(N(c4ccc(C)cc4)c4ccc(OCCCC)cc4)ccc3-c3ccc(N(c4ccc(C)cc4)c4ccc(OCCCC)cc4)cc32)c1. The standard InChI is InChI=1S/C60H66N2O2/c1-7-10-13-14-16-46-17-15-18-47(41-46)60(6)58-42-52(61(48-23-19-44(4)20-24-48)50-27-33-54(34-28-50)63-39-11-8-2)31-37-56(58)57-38-32-53(43-59(57)60)62(49-25-21-45(5)22-26-49)51-29-35-55(36-30-51)64-40-12-9-3/h15,17-38,41-43H,7-14,16,39-40H2,1-6H3. The van der Waals surface area contributed by atoms with Crippen molar-refractivity contribution in [2.75, 3.05) is 23.0 Å². The molecule has 1 aliphatic rings. The third kappa shape index (κ3) is 9.62. The molecule has 0 radical (unpaired) electrons. The number of aryl methyl sites for hydroxylation is 3. The molecule has 328 valence electrons. The Labute approximate surface area is 383 Å². The molecule has 4 heteroatoms. The first-order valence-electron chi connectivity index (χ1n) is 23.9. The maximum atomic E-state index is 6.11. The molecule has 64 heavy (non-hydrogen) atoms. The fourth-order valence-corrected chi connectivity index (χ4v) is 9.22. The van der Waals surface area contributed by atoms with E-state index in [1.807, 2.05) is 0 Å². The van der Waals surface area contributed by atoms with Crippen molar-refractivity contribution in [1.29, 1.82) is 0 Å². The van der Waals surface area contributed by atoms with Crippen LogP contribution in [-0.2, 0) is 11.8 Å². The lowest BCUT2D eigenvalue weighted by atomic mass is 9.73. The summed E-state index contributed by atoms with van der Waals surface area (Å²) in [4.78, 5) is 4.78. The fraction of sp³-hybridized carbons (Fsp3) is 0.300. The predicted molar refractivity (Wildman–Crippen MR) is 271 cm³/mol. The minimum atomic E-state index is -0.443. The largest absolute Gasteiger partial charge is 0.494 e. The molecule has 0 bridgehead atoms. The van der Waals surface area contributed by atoms with Gasteiger partial charge < -0.3 is 19.3 Å². The normalized spacial score (nSPS) is 12.4. The van der Waals surface area contributed by atoms with E-state index in [9.17, 15) is 0 Å². The number of ether oxygens (including phenoxy) is 2. The zero-order valence-electron chi connectivity index (χ0n) is 39.0. The van der Waals surface area contributed by atoms with Gasteiger partial charge >= 0.3 is 0 Å². The van der Waals surface area contributed by atoms with E-state index in [1.54, 1.807) is 0 Å². The Morgan fingerprint density at radius 1 is 0.422 bits per heavy atom. The Morgan fingerprint density at radius 3 is 1.28 bits per heavy atom. The van der Waals surface area contributed by atoms with Gasteiger partial charge in [-0.3, -0.25) is 0 Å². The Hall–Kier alpha value is -6.26. The molecule has 0 aromatic heterocycles. The van der Waals surface area contributed by atoms with E-state index in [1.165, 1.54) is 70.2 Å². The van der Waals surface area contributed by atoms with Crippen molar-refractivity contribution in [2.24, 2.45) is 0 Å². The van der Waals surface area contributed by atoms with Crippen LogP contribution in [0.1, 0.15) is 112 Å². The number of anilines is 6. The van der Waals surface area contributed by atoms with Crippen LogP contribution in [0.25, 0.3) is 11.1 Å². The molecule has 0 aliphatic heterocycles. The quantitative estimate of drug-likeness (QED) is 0.0714. The van der Waals surface area contributed by atoms with Crippen LogP contribution in [-0.4, -0.2) is 13.2 Å². The van der Waals surface area contributed by atoms with Gasteiger partial charge in [0.25, 0.3) is 0 Å². The van der Waals surface area contributed by atoms with E-state index in [0.717, 1.165) is 90.9 Å². The van der Waals surface area contributed by atoms with Crippen LogP contribution >= 0.6 is 0 Å². The molecule has 4 nitrogen and oxygen atoms in total. The summed E-state index contributed by atoms with van der Waals surface area (Å²) in [6, 6.07) is 58.7. The van der Waals surface area contributed by atoms with Gasteiger partial charge in [-0.15, -0.1) is 0 Å². The summed E-state index contributed by atoms with van der Waals surface area (Å²) in [6.07, 6.45) is 10.4. The topological polar surface area (TPSA) is 24.9 Å². The minimum absolute atomic E-state index is 0.443. The summed E-state index contributed by atoms with van der Waals surface area (Å²) >= 11 is 0. The summed E-state index contributed by atoms with van der Waals surface area (Å²) in [5.74, 6) is 1.80. The van der Waals surface area contributed by atoms with Crippen LogP contribution in [0.5, 0.6) is 11.5 Å². The van der Waals surface area contributed by atoms with E-state index in [0.29, 0.717) is 0 Å². The number of nitrogens with zero attached hydrogens (tertiary/aromatic N) is 2. The highest BCUT2D eigenvalue weighted by Gasteiger charge is 2.42. The van der Waals surface area contributed by atoms with Crippen LogP contribution in [0.4, 0.5) is 34.1 Å². The van der Waals surface area contributed by atoms with Crippen molar-refractivity contribution in [3.05, 3.63) is 191 Å². The molecule has 0 amide bonds. The molecule has 0 fully saturated rings. The van der Waals surface area contributed by atoms with Gasteiger partial charge in [0.05, 0.1) is 13.2 Å². The summed E-state index contributed by atoms with van der Waals surface area (Å²) in [5.41, 5.74) is 16.6. The average Bonchev–Trinajstić information content (AvgIpc) is 3.58.